The molecule has 1 N–H and O–H groups in total. The second kappa shape index (κ2) is 8.15. The van der Waals surface area contributed by atoms with Gasteiger partial charge in [0, 0.05) is 22.2 Å². The Hall–Kier alpha value is -2.08. The van der Waals surface area contributed by atoms with Gasteiger partial charge in [-0.3, -0.25) is 4.79 Å². The fourth-order valence-corrected chi connectivity index (χ4v) is 3.36. The molecule has 0 aliphatic rings. The first-order valence-electron chi connectivity index (χ1n) is 8.03. The highest BCUT2D eigenvalue weighted by Gasteiger charge is 2.21. The molecule has 0 fully saturated rings. The predicted molar refractivity (Wildman–Crippen MR) is 97.0 cm³/mol. The number of anilines is 1. The first kappa shape index (κ1) is 18.3. The smallest absolute Gasteiger partial charge is 0.351 e. The van der Waals surface area contributed by atoms with Gasteiger partial charge in [0.15, 0.2) is 10.6 Å². The van der Waals surface area contributed by atoms with E-state index < -0.39 is 5.97 Å². The molecule has 24 heavy (non-hydrogen) atoms. The van der Waals surface area contributed by atoms with Gasteiger partial charge in [0.25, 0.3) is 0 Å². The summed E-state index contributed by atoms with van der Waals surface area (Å²) in [6.45, 7) is 6.52. The second-order valence-electron chi connectivity index (χ2n) is 5.96. The van der Waals surface area contributed by atoms with Crippen LogP contribution in [0.3, 0.4) is 0 Å². The maximum atomic E-state index is 12.0. The first-order valence-corrected chi connectivity index (χ1v) is 8.85. The Bertz CT molecular complexity index is 736. The zero-order valence-electron chi connectivity index (χ0n) is 14.5. The topological polar surface area (TPSA) is 64.6 Å². The number of methoxy groups -OCH3 is 1. The fraction of sp³-hybridized carbons (Fsp3) is 0.444. The summed E-state index contributed by atoms with van der Waals surface area (Å²) in [5.41, 5.74) is 0.698. The van der Waals surface area contributed by atoms with Crippen LogP contribution in [0.5, 0.6) is 5.75 Å². The Morgan fingerprint density at radius 3 is 2.67 bits per heavy atom. The lowest BCUT2D eigenvalue weighted by molar-refractivity contribution is -0.116. The monoisotopic (exact) mass is 349 g/mol. The van der Waals surface area contributed by atoms with E-state index in [1.54, 1.807) is 0 Å². The van der Waals surface area contributed by atoms with Crippen molar-refractivity contribution in [1.82, 2.24) is 0 Å². The highest BCUT2D eigenvalue weighted by molar-refractivity contribution is 7.21. The van der Waals surface area contributed by atoms with Crippen molar-refractivity contribution in [1.29, 1.82) is 0 Å². The van der Waals surface area contributed by atoms with Crippen LogP contribution in [0.15, 0.2) is 18.2 Å². The van der Waals surface area contributed by atoms with Gasteiger partial charge >= 0.3 is 5.97 Å². The van der Waals surface area contributed by atoms with Crippen LogP contribution in [0.1, 0.15) is 43.3 Å². The largest absolute Gasteiger partial charge is 0.491 e. The number of fused-ring (bicyclic) bond motifs is 1. The van der Waals surface area contributed by atoms with Crippen molar-refractivity contribution in [3.05, 3.63) is 23.1 Å². The van der Waals surface area contributed by atoms with Gasteiger partial charge in [-0.05, 0) is 30.5 Å². The lowest BCUT2D eigenvalue weighted by Gasteiger charge is -2.09. The molecule has 1 aromatic heterocycles. The summed E-state index contributed by atoms with van der Waals surface area (Å²) < 4.78 is 11.6. The Morgan fingerprint density at radius 1 is 1.29 bits per heavy atom. The summed E-state index contributed by atoms with van der Waals surface area (Å²) in [4.78, 5) is 24.4. The molecule has 0 atom stereocenters. The maximum Gasteiger partial charge on any atom is 0.351 e. The van der Waals surface area contributed by atoms with Gasteiger partial charge in [-0.2, -0.15) is 0 Å². The van der Waals surface area contributed by atoms with Gasteiger partial charge in [-0.25, -0.2) is 4.79 Å². The van der Waals surface area contributed by atoms with Crippen LogP contribution in [-0.4, -0.2) is 25.6 Å². The van der Waals surface area contributed by atoms with Crippen LogP contribution < -0.4 is 10.1 Å². The molecule has 5 nitrogen and oxygen atoms in total. The molecule has 2 aromatic rings. The number of hydrogen-bond donors (Lipinski definition) is 1. The van der Waals surface area contributed by atoms with Crippen molar-refractivity contribution in [3.8, 4) is 5.75 Å². The van der Waals surface area contributed by atoms with Crippen LogP contribution in [0, 0.1) is 5.92 Å². The number of esters is 1. The number of thiophene rings is 1. The van der Waals surface area contributed by atoms with E-state index in [1.807, 2.05) is 39.0 Å². The molecule has 6 heteroatoms. The summed E-state index contributed by atoms with van der Waals surface area (Å²) in [5, 5.41) is 3.71. The van der Waals surface area contributed by atoms with Crippen molar-refractivity contribution in [2.24, 2.45) is 5.92 Å². The van der Waals surface area contributed by atoms with Gasteiger partial charge in [-0.1, -0.05) is 20.8 Å². The molecule has 0 saturated heterocycles. The molecule has 0 unspecified atom stereocenters. The minimum atomic E-state index is -0.410. The van der Waals surface area contributed by atoms with Crippen molar-refractivity contribution in [3.63, 3.8) is 0 Å². The standard InChI is InChI=1S/C18H23NO4S/c1-5-8-23-16-13-10-12(19-15(20)9-11(2)3)6-7-14(13)24-17(16)18(21)22-4/h6-7,10-11H,5,8-9H2,1-4H3,(H,19,20). The summed E-state index contributed by atoms with van der Waals surface area (Å²) >= 11 is 1.33. The van der Waals surface area contributed by atoms with E-state index in [0.717, 1.165) is 16.5 Å². The zero-order chi connectivity index (χ0) is 17.7. The van der Waals surface area contributed by atoms with Crippen molar-refractivity contribution >= 4 is 39.0 Å². The Labute approximate surface area is 146 Å². The van der Waals surface area contributed by atoms with Crippen LogP contribution >= 0.6 is 11.3 Å². The molecular weight excluding hydrogens is 326 g/mol. The first-order chi connectivity index (χ1) is 11.5. The number of carbonyl (C=O) groups is 2. The van der Waals surface area contributed by atoms with E-state index in [2.05, 4.69) is 5.32 Å². The van der Waals surface area contributed by atoms with Gasteiger partial charge in [0.05, 0.1) is 13.7 Å². The lowest BCUT2D eigenvalue weighted by atomic mass is 10.1. The average molecular weight is 349 g/mol. The van der Waals surface area contributed by atoms with E-state index in [1.165, 1.54) is 18.4 Å². The zero-order valence-corrected chi connectivity index (χ0v) is 15.3. The van der Waals surface area contributed by atoms with Gasteiger partial charge in [0.2, 0.25) is 5.91 Å². The lowest BCUT2D eigenvalue weighted by Crippen LogP contribution is -2.13. The molecular formula is C18H23NO4S. The van der Waals surface area contributed by atoms with E-state index >= 15 is 0 Å². The van der Waals surface area contributed by atoms with E-state index in [0.29, 0.717) is 35.3 Å². The average Bonchev–Trinajstić information content (AvgIpc) is 2.89. The maximum absolute atomic E-state index is 12.0. The number of amides is 1. The molecule has 2 rings (SSSR count). The third kappa shape index (κ3) is 4.26. The number of rotatable bonds is 7. The summed E-state index contributed by atoms with van der Waals surface area (Å²) in [6, 6.07) is 5.57. The summed E-state index contributed by atoms with van der Waals surface area (Å²) in [5.74, 6) is 0.393. The Balaban J connectivity index is 2.38. The third-order valence-corrected chi connectivity index (χ3v) is 4.47. The van der Waals surface area contributed by atoms with Crippen molar-refractivity contribution in [2.45, 2.75) is 33.6 Å². The predicted octanol–water partition coefficient (Wildman–Crippen LogP) is 4.46. The molecule has 0 radical (unpaired) electrons. The number of nitrogens with one attached hydrogen (secondary N) is 1. The van der Waals surface area contributed by atoms with E-state index in [4.69, 9.17) is 9.47 Å². The molecule has 1 aromatic carbocycles. The van der Waals surface area contributed by atoms with Crippen molar-refractivity contribution in [2.75, 3.05) is 19.0 Å². The van der Waals surface area contributed by atoms with Gasteiger partial charge < -0.3 is 14.8 Å². The van der Waals surface area contributed by atoms with Crippen LogP contribution in [0.25, 0.3) is 10.1 Å². The van der Waals surface area contributed by atoms with Crippen LogP contribution in [0.4, 0.5) is 5.69 Å². The minimum Gasteiger partial charge on any atom is -0.491 e. The number of hydrogen-bond acceptors (Lipinski definition) is 5. The van der Waals surface area contributed by atoms with Crippen LogP contribution in [0.2, 0.25) is 0 Å². The molecule has 0 saturated carbocycles. The normalized spacial score (nSPS) is 10.9. The quantitative estimate of drug-likeness (QED) is 0.750. The molecule has 1 heterocycles. The van der Waals surface area contributed by atoms with Crippen LogP contribution in [-0.2, 0) is 9.53 Å². The van der Waals surface area contributed by atoms with E-state index in [-0.39, 0.29) is 5.91 Å². The second-order valence-corrected chi connectivity index (χ2v) is 7.01. The molecule has 1 amide bonds. The number of ether oxygens (including phenoxy) is 2. The van der Waals surface area contributed by atoms with E-state index in [9.17, 15) is 9.59 Å². The molecule has 0 spiro atoms. The Morgan fingerprint density at radius 2 is 2.04 bits per heavy atom. The third-order valence-electron chi connectivity index (χ3n) is 3.34. The highest BCUT2D eigenvalue weighted by Crippen LogP contribution is 2.39. The van der Waals surface area contributed by atoms with Gasteiger partial charge in [0.1, 0.15) is 0 Å². The Kier molecular flexibility index (Phi) is 6.20. The molecule has 0 aliphatic carbocycles. The van der Waals surface area contributed by atoms with Gasteiger partial charge in [-0.15, -0.1) is 11.3 Å². The SMILES string of the molecule is CCCOc1c(C(=O)OC)sc2ccc(NC(=O)CC(C)C)cc12. The molecule has 0 aliphatic heterocycles. The number of carbonyl (C=O) groups excluding carboxylic acids is 2. The summed E-state index contributed by atoms with van der Waals surface area (Å²) in [7, 11) is 1.36. The van der Waals surface area contributed by atoms with Crippen molar-refractivity contribution < 1.29 is 19.1 Å². The molecule has 0 bridgehead atoms. The fourth-order valence-electron chi connectivity index (χ4n) is 2.31. The highest BCUT2D eigenvalue weighted by atomic mass is 32.1. The summed E-state index contributed by atoms with van der Waals surface area (Å²) in [6.07, 6.45) is 1.30. The minimum absolute atomic E-state index is 0.0243. The number of benzene rings is 1. The molecule has 130 valence electrons.